The molecule has 4 aliphatic heterocycles. The molecule has 1 aromatic carbocycles. The zero-order valence-corrected chi connectivity index (χ0v) is 16.1. The van der Waals surface area contributed by atoms with Crippen molar-refractivity contribution in [1.29, 1.82) is 0 Å². The average molecular weight is 396 g/mol. The Morgan fingerprint density at radius 3 is 2.66 bits per heavy atom. The molecule has 0 bridgehead atoms. The lowest BCUT2D eigenvalue weighted by molar-refractivity contribution is -0.136. The molecule has 4 amide bonds. The molecular formula is C21H24N4O4. The van der Waals surface area contributed by atoms with E-state index in [1.54, 1.807) is 12.1 Å². The molecule has 0 aliphatic carbocycles. The van der Waals surface area contributed by atoms with Gasteiger partial charge in [-0.3, -0.25) is 34.3 Å². The fraction of sp³-hybridized carbons (Fsp3) is 0.524. The Labute approximate surface area is 168 Å². The third-order valence-corrected chi connectivity index (χ3v) is 6.74. The number of carbonyl (C=O) groups is 4. The molecule has 3 saturated heterocycles. The summed E-state index contributed by atoms with van der Waals surface area (Å²) in [5, 5.41) is 5.69. The van der Waals surface area contributed by atoms with Crippen LogP contribution in [0.5, 0.6) is 0 Å². The number of hydrogen-bond acceptors (Lipinski definition) is 6. The van der Waals surface area contributed by atoms with Crippen LogP contribution in [0.25, 0.3) is 0 Å². The normalized spacial score (nSPS) is 29.8. The molecule has 0 spiro atoms. The summed E-state index contributed by atoms with van der Waals surface area (Å²) in [7, 11) is 0. The van der Waals surface area contributed by atoms with Crippen LogP contribution in [0.3, 0.4) is 0 Å². The molecule has 8 nitrogen and oxygen atoms in total. The predicted molar refractivity (Wildman–Crippen MR) is 103 cm³/mol. The molecule has 3 fully saturated rings. The van der Waals surface area contributed by atoms with Gasteiger partial charge in [-0.25, -0.2) is 0 Å². The van der Waals surface area contributed by atoms with Gasteiger partial charge in [-0.2, -0.15) is 0 Å². The van der Waals surface area contributed by atoms with Crippen molar-refractivity contribution in [2.45, 2.75) is 44.3 Å². The molecule has 29 heavy (non-hydrogen) atoms. The van der Waals surface area contributed by atoms with Crippen LogP contribution in [-0.4, -0.2) is 65.1 Å². The van der Waals surface area contributed by atoms with Gasteiger partial charge < -0.3 is 5.32 Å². The first-order valence-corrected chi connectivity index (χ1v) is 10.3. The Bertz CT molecular complexity index is 914. The van der Waals surface area contributed by atoms with Crippen LogP contribution < -0.4 is 10.6 Å². The minimum Gasteiger partial charge on any atom is -0.315 e. The van der Waals surface area contributed by atoms with Gasteiger partial charge in [0.1, 0.15) is 6.04 Å². The molecule has 4 aliphatic rings. The summed E-state index contributed by atoms with van der Waals surface area (Å²) in [5.74, 6) is -1.11. The third-order valence-electron chi connectivity index (χ3n) is 6.74. The van der Waals surface area contributed by atoms with E-state index in [4.69, 9.17) is 0 Å². The number of imide groups is 2. The Morgan fingerprint density at radius 2 is 1.83 bits per heavy atom. The fourth-order valence-electron chi connectivity index (χ4n) is 5.21. The average Bonchev–Trinajstić information content (AvgIpc) is 3.22. The molecule has 5 rings (SSSR count). The predicted octanol–water partition coefficient (Wildman–Crippen LogP) is 0.272. The topological polar surface area (TPSA) is 98.8 Å². The van der Waals surface area contributed by atoms with Gasteiger partial charge in [-0.05, 0) is 56.0 Å². The maximum absolute atomic E-state index is 13.0. The number of fused-ring (bicyclic) bond motifs is 2. The number of nitrogens with one attached hydrogen (secondary N) is 2. The van der Waals surface area contributed by atoms with E-state index in [0.717, 1.165) is 42.6 Å². The number of hydrogen-bond donors (Lipinski definition) is 2. The highest BCUT2D eigenvalue weighted by Gasteiger charge is 2.44. The number of nitrogens with zero attached hydrogens (tertiary/aromatic N) is 2. The van der Waals surface area contributed by atoms with Gasteiger partial charge in [0.15, 0.2) is 0 Å². The Balaban J connectivity index is 1.36. The van der Waals surface area contributed by atoms with Crippen LogP contribution in [0.15, 0.2) is 18.2 Å². The third kappa shape index (κ3) is 3.07. The van der Waals surface area contributed by atoms with Gasteiger partial charge in [0.25, 0.3) is 11.8 Å². The smallest absolute Gasteiger partial charge is 0.262 e. The van der Waals surface area contributed by atoms with Crippen molar-refractivity contribution in [3.8, 4) is 0 Å². The summed E-state index contributed by atoms with van der Waals surface area (Å²) in [6.45, 7) is 3.87. The van der Waals surface area contributed by atoms with E-state index in [0.29, 0.717) is 17.2 Å². The number of piperidine rings is 2. The van der Waals surface area contributed by atoms with E-state index in [-0.39, 0.29) is 18.7 Å². The fourth-order valence-corrected chi connectivity index (χ4v) is 5.21. The molecule has 3 unspecified atom stereocenters. The van der Waals surface area contributed by atoms with Crippen molar-refractivity contribution in [2.24, 2.45) is 5.92 Å². The van der Waals surface area contributed by atoms with E-state index < -0.39 is 23.8 Å². The van der Waals surface area contributed by atoms with Gasteiger partial charge in [0.2, 0.25) is 11.8 Å². The van der Waals surface area contributed by atoms with Crippen LogP contribution in [0.1, 0.15) is 52.0 Å². The maximum atomic E-state index is 13.0. The monoisotopic (exact) mass is 396 g/mol. The second-order valence-corrected chi connectivity index (χ2v) is 8.41. The van der Waals surface area contributed by atoms with E-state index in [2.05, 4.69) is 15.5 Å². The first kappa shape index (κ1) is 18.4. The first-order valence-electron chi connectivity index (χ1n) is 10.3. The summed E-state index contributed by atoms with van der Waals surface area (Å²) < 4.78 is 0. The van der Waals surface area contributed by atoms with Crippen molar-refractivity contribution < 1.29 is 19.2 Å². The minimum atomic E-state index is -0.920. The second kappa shape index (κ2) is 7.03. The number of carbonyl (C=O) groups excluding carboxylic acids is 4. The zero-order valence-electron chi connectivity index (χ0n) is 16.1. The van der Waals surface area contributed by atoms with Crippen molar-refractivity contribution >= 4 is 23.6 Å². The highest BCUT2D eigenvalue weighted by atomic mass is 16.2. The van der Waals surface area contributed by atoms with Gasteiger partial charge >= 0.3 is 0 Å². The highest BCUT2D eigenvalue weighted by molar-refractivity contribution is 6.23. The summed E-state index contributed by atoms with van der Waals surface area (Å²) >= 11 is 0. The number of benzene rings is 1. The minimum absolute atomic E-state index is 0.126. The Kier molecular flexibility index (Phi) is 4.48. The van der Waals surface area contributed by atoms with Gasteiger partial charge in [-0.1, -0.05) is 6.07 Å². The van der Waals surface area contributed by atoms with Crippen LogP contribution >= 0.6 is 0 Å². The molecule has 1 aromatic rings. The van der Waals surface area contributed by atoms with Crippen LogP contribution in [0, 0.1) is 5.92 Å². The van der Waals surface area contributed by atoms with Crippen molar-refractivity contribution in [1.82, 2.24) is 20.4 Å². The molecular weight excluding hydrogens is 372 g/mol. The Hall–Kier alpha value is -2.58. The molecule has 2 N–H and O–H groups in total. The quantitative estimate of drug-likeness (QED) is 0.712. The second-order valence-electron chi connectivity index (χ2n) is 8.41. The number of amides is 4. The molecule has 0 radical (unpaired) electrons. The molecule has 0 saturated carbocycles. The maximum Gasteiger partial charge on any atom is 0.262 e. The summed E-state index contributed by atoms with van der Waals surface area (Å²) in [5.41, 5.74) is 1.69. The number of rotatable bonds is 3. The van der Waals surface area contributed by atoms with Crippen molar-refractivity contribution in [2.75, 3.05) is 19.6 Å². The van der Waals surface area contributed by atoms with Crippen molar-refractivity contribution in [3.63, 3.8) is 0 Å². The summed E-state index contributed by atoms with van der Waals surface area (Å²) in [6, 6.07) is 5.00. The Morgan fingerprint density at radius 1 is 1.00 bits per heavy atom. The molecule has 3 atom stereocenters. The first-order chi connectivity index (χ1) is 14.0. The lowest BCUT2D eigenvalue weighted by atomic mass is 9.93. The highest BCUT2D eigenvalue weighted by Crippen LogP contribution is 2.32. The largest absolute Gasteiger partial charge is 0.315 e. The van der Waals surface area contributed by atoms with Crippen LogP contribution in [0.4, 0.5) is 0 Å². The SMILES string of the molecule is O=C1CCC(N2C(=O)c3ccc(CN4CCC5CCNCC54)cc3C2=O)C(=O)N1. The van der Waals surface area contributed by atoms with E-state index in [1.807, 2.05) is 6.07 Å². The van der Waals surface area contributed by atoms with Crippen molar-refractivity contribution in [3.05, 3.63) is 34.9 Å². The standard InChI is InChI=1S/C21H24N4O4/c26-18-4-3-16(19(27)23-18)25-20(28)14-2-1-12(9-15(14)21(25)29)11-24-8-6-13-5-7-22-10-17(13)24/h1-2,9,13,16-17,22H,3-8,10-11H2,(H,23,26,27). The molecule has 8 heteroatoms. The number of likely N-dealkylation sites (tertiary alicyclic amines) is 1. The summed E-state index contributed by atoms with van der Waals surface area (Å²) in [6.07, 6.45) is 2.71. The van der Waals surface area contributed by atoms with Crippen LogP contribution in [-0.2, 0) is 16.1 Å². The van der Waals surface area contributed by atoms with E-state index in [1.165, 1.54) is 12.8 Å². The zero-order chi connectivity index (χ0) is 20.1. The lowest BCUT2D eigenvalue weighted by Crippen LogP contribution is -2.54. The van der Waals surface area contributed by atoms with Gasteiger partial charge in [-0.15, -0.1) is 0 Å². The molecule has 4 heterocycles. The molecule has 152 valence electrons. The van der Waals surface area contributed by atoms with E-state index in [9.17, 15) is 19.2 Å². The van der Waals surface area contributed by atoms with Gasteiger partial charge in [0, 0.05) is 25.6 Å². The summed E-state index contributed by atoms with van der Waals surface area (Å²) in [4.78, 5) is 52.8. The van der Waals surface area contributed by atoms with E-state index >= 15 is 0 Å². The molecule has 0 aromatic heterocycles. The lowest BCUT2D eigenvalue weighted by Gasteiger charge is -2.32. The van der Waals surface area contributed by atoms with Gasteiger partial charge in [0.05, 0.1) is 11.1 Å². The van der Waals surface area contributed by atoms with Crippen LogP contribution in [0.2, 0.25) is 0 Å².